The molecule has 1 aliphatic rings. The number of likely N-dealkylation sites (N-methyl/N-ethyl adjacent to an activating group) is 1. The summed E-state index contributed by atoms with van der Waals surface area (Å²) in [6.45, 7) is 3.06. The number of halogens is 3. The van der Waals surface area contributed by atoms with Gasteiger partial charge in [0.25, 0.3) is 0 Å². The second kappa shape index (κ2) is 6.56. The molecule has 1 aliphatic carbocycles. The summed E-state index contributed by atoms with van der Waals surface area (Å²) in [6.07, 6.45) is -3.84. The second-order valence-electron chi connectivity index (χ2n) is 4.62. The summed E-state index contributed by atoms with van der Waals surface area (Å²) >= 11 is 0. The minimum Gasteiger partial charge on any atom is -0.465 e. The van der Waals surface area contributed by atoms with Gasteiger partial charge in [0.1, 0.15) is 12.1 Å². The van der Waals surface area contributed by atoms with Crippen LogP contribution in [0.2, 0.25) is 0 Å². The highest BCUT2D eigenvalue weighted by atomic mass is 19.4. The molecule has 2 unspecified atom stereocenters. The van der Waals surface area contributed by atoms with E-state index in [1.165, 1.54) is 0 Å². The molecule has 0 amide bonds. The van der Waals surface area contributed by atoms with Crippen molar-refractivity contribution >= 4 is 5.97 Å². The van der Waals surface area contributed by atoms with Crippen molar-refractivity contribution < 1.29 is 27.4 Å². The highest BCUT2D eigenvalue weighted by molar-refractivity contribution is 5.81. The first kappa shape index (κ1) is 16.2. The maximum atomic E-state index is 12.1. The van der Waals surface area contributed by atoms with Crippen LogP contribution in [0, 0.1) is 0 Å². The number of hydrogen-bond donors (Lipinski definition) is 1. The molecule has 0 radical (unpaired) electrons. The van der Waals surface area contributed by atoms with E-state index in [4.69, 9.17) is 9.47 Å². The Kier molecular flexibility index (Phi) is 5.61. The largest absolute Gasteiger partial charge is 0.465 e. The Labute approximate surface area is 110 Å². The molecule has 0 bridgehead atoms. The Bertz CT molecular complexity index is 309. The zero-order chi connectivity index (χ0) is 14.5. The molecule has 0 heterocycles. The van der Waals surface area contributed by atoms with Crippen molar-refractivity contribution in [2.24, 2.45) is 0 Å². The number of carbonyl (C=O) groups is 1. The van der Waals surface area contributed by atoms with Gasteiger partial charge in [-0.05, 0) is 26.3 Å². The van der Waals surface area contributed by atoms with Crippen molar-refractivity contribution in [2.45, 2.75) is 50.9 Å². The number of ether oxygens (including phenoxy) is 2. The van der Waals surface area contributed by atoms with Crippen molar-refractivity contribution in [2.75, 3.05) is 19.8 Å². The summed E-state index contributed by atoms with van der Waals surface area (Å²) in [5, 5.41) is 3.03. The number of nitrogens with one attached hydrogen (secondary N) is 1. The standard InChI is InChI=1S/C12H20F3NO3/c1-3-16-11(10(17)18-4-2)6-5-9(7-11)19-8-12(13,14)15/h9,16H,3-8H2,1-2H3. The van der Waals surface area contributed by atoms with Gasteiger partial charge in [-0.25, -0.2) is 0 Å². The monoisotopic (exact) mass is 283 g/mol. The molecule has 1 fully saturated rings. The summed E-state index contributed by atoms with van der Waals surface area (Å²) in [5.74, 6) is -0.407. The maximum absolute atomic E-state index is 12.1. The van der Waals surface area contributed by atoms with Gasteiger partial charge < -0.3 is 14.8 Å². The van der Waals surface area contributed by atoms with E-state index in [-0.39, 0.29) is 13.0 Å². The molecule has 0 spiro atoms. The van der Waals surface area contributed by atoms with E-state index in [2.05, 4.69) is 5.32 Å². The lowest BCUT2D eigenvalue weighted by Crippen LogP contribution is -2.51. The first-order valence-electron chi connectivity index (χ1n) is 6.43. The van der Waals surface area contributed by atoms with Gasteiger partial charge in [-0.3, -0.25) is 4.79 Å². The molecule has 112 valence electrons. The lowest BCUT2D eigenvalue weighted by atomic mass is 9.97. The second-order valence-corrected chi connectivity index (χ2v) is 4.62. The fraction of sp³-hybridized carbons (Fsp3) is 0.917. The van der Waals surface area contributed by atoms with Gasteiger partial charge in [-0.2, -0.15) is 13.2 Å². The highest BCUT2D eigenvalue weighted by Crippen LogP contribution is 2.34. The molecular formula is C12H20F3NO3. The first-order valence-corrected chi connectivity index (χ1v) is 6.43. The molecule has 0 aliphatic heterocycles. The van der Waals surface area contributed by atoms with Crippen molar-refractivity contribution in [3.05, 3.63) is 0 Å². The molecule has 2 atom stereocenters. The third-order valence-corrected chi connectivity index (χ3v) is 3.13. The zero-order valence-corrected chi connectivity index (χ0v) is 11.2. The van der Waals surface area contributed by atoms with Crippen LogP contribution in [0.4, 0.5) is 13.2 Å². The molecule has 0 aromatic rings. The van der Waals surface area contributed by atoms with Gasteiger partial charge in [0.05, 0.1) is 12.7 Å². The number of esters is 1. The molecular weight excluding hydrogens is 263 g/mol. The minimum absolute atomic E-state index is 0.218. The quantitative estimate of drug-likeness (QED) is 0.758. The molecule has 0 aromatic carbocycles. The molecule has 1 rings (SSSR count). The molecule has 4 nitrogen and oxygen atoms in total. The van der Waals surface area contributed by atoms with E-state index in [1.807, 2.05) is 6.92 Å². The van der Waals surface area contributed by atoms with E-state index in [0.717, 1.165) is 0 Å². The summed E-state index contributed by atoms with van der Waals surface area (Å²) in [7, 11) is 0. The van der Waals surface area contributed by atoms with Gasteiger partial charge in [0.15, 0.2) is 0 Å². The SMILES string of the molecule is CCNC1(C(=O)OCC)CCC(OCC(F)(F)F)C1. The topological polar surface area (TPSA) is 47.6 Å². The third kappa shape index (κ3) is 4.65. The Morgan fingerprint density at radius 3 is 2.63 bits per heavy atom. The van der Waals surface area contributed by atoms with Gasteiger partial charge in [-0.15, -0.1) is 0 Å². The van der Waals surface area contributed by atoms with Crippen LogP contribution in [0.15, 0.2) is 0 Å². The number of hydrogen-bond acceptors (Lipinski definition) is 4. The highest BCUT2D eigenvalue weighted by Gasteiger charge is 2.47. The van der Waals surface area contributed by atoms with Crippen molar-refractivity contribution in [1.82, 2.24) is 5.32 Å². The summed E-state index contributed by atoms with van der Waals surface area (Å²) in [5.41, 5.74) is -0.902. The van der Waals surface area contributed by atoms with Gasteiger partial charge >= 0.3 is 12.1 Å². The smallest absolute Gasteiger partial charge is 0.411 e. The van der Waals surface area contributed by atoms with Crippen LogP contribution in [0.3, 0.4) is 0 Å². The normalized spacial score (nSPS) is 27.5. The van der Waals surface area contributed by atoms with E-state index in [9.17, 15) is 18.0 Å². The van der Waals surface area contributed by atoms with Gasteiger partial charge in [0.2, 0.25) is 0 Å². The Balaban J connectivity index is 2.59. The van der Waals surface area contributed by atoms with Crippen molar-refractivity contribution in [3.8, 4) is 0 Å². The molecule has 7 heteroatoms. The van der Waals surface area contributed by atoms with E-state index in [1.54, 1.807) is 6.92 Å². The molecule has 19 heavy (non-hydrogen) atoms. The van der Waals surface area contributed by atoms with Crippen LogP contribution in [0.25, 0.3) is 0 Å². The Morgan fingerprint density at radius 1 is 1.42 bits per heavy atom. The average Bonchev–Trinajstić information content (AvgIpc) is 2.71. The lowest BCUT2D eigenvalue weighted by molar-refractivity contribution is -0.185. The summed E-state index contributed by atoms with van der Waals surface area (Å²) in [4.78, 5) is 11.9. The van der Waals surface area contributed by atoms with Crippen molar-refractivity contribution in [1.29, 1.82) is 0 Å². The fourth-order valence-electron chi connectivity index (χ4n) is 2.38. The predicted octanol–water partition coefficient (Wildman–Crippen LogP) is 2.03. The van der Waals surface area contributed by atoms with E-state index in [0.29, 0.717) is 19.4 Å². The van der Waals surface area contributed by atoms with Crippen LogP contribution < -0.4 is 5.32 Å². The number of carbonyl (C=O) groups excluding carboxylic acids is 1. The third-order valence-electron chi connectivity index (χ3n) is 3.13. The van der Waals surface area contributed by atoms with Crippen LogP contribution in [0.5, 0.6) is 0 Å². The predicted molar refractivity (Wildman–Crippen MR) is 62.7 cm³/mol. The molecule has 1 N–H and O–H groups in total. The van der Waals surface area contributed by atoms with Crippen LogP contribution >= 0.6 is 0 Å². The Hall–Kier alpha value is -0.820. The molecule has 1 saturated carbocycles. The van der Waals surface area contributed by atoms with Crippen molar-refractivity contribution in [3.63, 3.8) is 0 Å². The lowest BCUT2D eigenvalue weighted by Gasteiger charge is -2.27. The summed E-state index contributed by atoms with van der Waals surface area (Å²) < 4.78 is 46.1. The molecule has 0 saturated heterocycles. The van der Waals surface area contributed by atoms with Gasteiger partial charge in [0, 0.05) is 6.42 Å². The zero-order valence-electron chi connectivity index (χ0n) is 11.2. The first-order chi connectivity index (χ1) is 8.83. The average molecular weight is 283 g/mol. The number of alkyl halides is 3. The summed E-state index contributed by atoms with van der Waals surface area (Å²) in [6, 6.07) is 0. The number of rotatable bonds is 6. The maximum Gasteiger partial charge on any atom is 0.411 e. The van der Waals surface area contributed by atoms with Crippen LogP contribution in [0.1, 0.15) is 33.1 Å². The van der Waals surface area contributed by atoms with Crippen LogP contribution in [-0.4, -0.2) is 43.5 Å². The Morgan fingerprint density at radius 2 is 2.11 bits per heavy atom. The van der Waals surface area contributed by atoms with Gasteiger partial charge in [-0.1, -0.05) is 6.92 Å². The minimum atomic E-state index is -4.34. The fourth-order valence-corrected chi connectivity index (χ4v) is 2.38. The van der Waals surface area contributed by atoms with E-state index >= 15 is 0 Å². The van der Waals surface area contributed by atoms with E-state index < -0.39 is 30.4 Å². The molecule has 0 aromatic heterocycles. The van der Waals surface area contributed by atoms with Crippen LogP contribution in [-0.2, 0) is 14.3 Å².